The second-order valence-corrected chi connectivity index (χ2v) is 6.76. The minimum absolute atomic E-state index is 0.0925. The maximum absolute atomic E-state index is 10.8. The van der Waals surface area contributed by atoms with E-state index in [2.05, 4.69) is 25.8 Å². The predicted molar refractivity (Wildman–Crippen MR) is 80.0 cm³/mol. The molecule has 2 rings (SSSR count). The van der Waals surface area contributed by atoms with Gasteiger partial charge in [0.05, 0.1) is 12.1 Å². The van der Waals surface area contributed by atoms with E-state index >= 15 is 0 Å². The molecule has 0 spiro atoms. The molecular weight excluding hydrogens is 272 g/mol. The van der Waals surface area contributed by atoms with Gasteiger partial charge < -0.3 is 5.11 Å². The third-order valence-corrected chi connectivity index (χ3v) is 4.05. The van der Waals surface area contributed by atoms with Crippen molar-refractivity contribution in [3.63, 3.8) is 0 Å². The van der Waals surface area contributed by atoms with Gasteiger partial charge in [-0.15, -0.1) is 11.3 Å². The summed E-state index contributed by atoms with van der Waals surface area (Å²) in [5, 5.41) is 9.77. The number of carbonyl (C=O) groups is 1. The Morgan fingerprint density at radius 3 is 2.70 bits per heavy atom. The lowest BCUT2D eigenvalue weighted by Crippen LogP contribution is -2.14. The third-order valence-electron chi connectivity index (χ3n) is 2.88. The van der Waals surface area contributed by atoms with Gasteiger partial charge in [-0.25, -0.2) is 4.98 Å². The number of hydrogen-bond acceptors (Lipinski definition) is 4. The van der Waals surface area contributed by atoms with E-state index in [1.165, 1.54) is 0 Å². The molecule has 0 aliphatic carbocycles. The molecule has 1 N–H and O–H groups in total. The van der Waals surface area contributed by atoms with Gasteiger partial charge in [0.15, 0.2) is 0 Å². The summed E-state index contributed by atoms with van der Waals surface area (Å²) in [7, 11) is 0. The van der Waals surface area contributed by atoms with E-state index in [4.69, 9.17) is 10.1 Å². The normalized spacial score (nSPS) is 11.6. The van der Waals surface area contributed by atoms with Crippen LogP contribution in [0.5, 0.6) is 0 Å². The Morgan fingerprint density at radius 2 is 2.15 bits per heavy atom. The molecule has 0 aliphatic rings. The Kier molecular flexibility index (Phi) is 4.18. The lowest BCUT2D eigenvalue weighted by Gasteiger charge is -2.17. The smallest absolute Gasteiger partial charge is 0.303 e. The van der Waals surface area contributed by atoms with Crippen molar-refractivity contribution in [2.24, 2.45) is 0 Å². The van der Waals surface area contributed by atoms with Crippen LogP contribution in [0.3, 0.4) is 0 Å². The quantitative estimate of drug-likeness (QED) is 0.935. The summed E-state index contributed by atoms with van der Waals surface area (Å²) in [5.74, 6) is -0.777. The first kappa shape index (κ1) is 14.7. The molecule has 0 saturated carbocycles. The molecule has 2 aromatic rings. The average molecular weight is 290 g/mol. The van der Waals surface area contributed by atoms with Gasteiger partial charge in [-0.3, -0.25) is 9.78 Å². The molecule has 5 heteroatoms. The van der Waals surface area contributed by atoms with Crippen LogP contribution in [0.25, 0.3) is 10.6 Å². The molecule has 106 valence electrons. The molecule has 0 aromatic carbocycles. The zero-order valence-corrected chi connectivity index (χ0v) is 12.7. The lowest BCUT2D eigenvalue weighted by molar-refractivity contribution is -0.136. The van der Waals surface area contributed by atoms with E-state index in [0.717, 1.165) is 21.1 Å². The van der Waals surface area contributed by atoms with E-state index in [9.17, 15) is 4.79 Å². The highest BCUT2D eigenvalue weighted by molar-refractivity contribution is 7.15. The molecule has 0 unspecified atom stereocenters. The molecule has 0 amide bonds. The Hall–Kier alpha value is -1.75. The Labute approximate surface area is 122 Å². The van der Waals surface area contributed by atoms with E-state index in [1.807, 2.05) is 12.1 Å². The summed E-state index contributed by atoms with van der Waals surface area (Å²) in [6.45, 7) is 6.29. The molecule has 4 nitrogen and oxygen atoms in total. The molecule has 0 saturated heterocycles. The van der Waals surface area contributed by atoms with E-state index in [1.54, 1.807) is 23.7 Å². The van der Waals surface area contributed by atoms with Crippen LogP contribution >= 0.6 is 11.3 Å². The van der Waals surface area contributed by atoms with Gasteiger partial charge in [-0.05, 0) is 18.6 Å². The summed E-state index contributed by atoms with van der Waals surface area (Å²) >= 11 is 1.57. The molecular formula is C15H18N2O2S. The second kappa shape index (κ2) is 5.71. The maximum atomic E-state index is 10.8. The number of aryl methyl sites for hydroxylation is 1. The van der Waals surface area contributed by atoms with Gasteiger partial charge in [0.1, 0.15) is 5.01 Å². The molecule has 0 radical (unpaired) electrons. The van der Waals surface area contributed by atoms with Gasteiger partial charge >= 0.3 is 5.97 Å². The van der Waals surface area contributed by atoms with Gasteiger partial charge in [0.25, 0.3) is 0 Å². The van der Waals surface area contributed by atoms with Crippen molar-refractivity contribution < 1.29 is 9.90 Å². The summed E-state index contributed by atoms with van der Waals surface area (Å²) in [4.78, 5) is 20.7. The fourth-order valence-electron chi connectivity index (χ4n) is 1.94. The molecule has 0 fully saturated rings. The Balaban J connectivity index is 2.39. The highest BCUT2D eigenvalue weighted by Gasteiger charge is 2.23. The van der Waals surface area contributed by atoms with Crippen molar-refractivity contribution >= 4 is 17.3 Å². The van der Waals surface area contributed by atoms with Gasteiger partial charge in [-0.2, -0.15) is 0 Å². The molecule has 2 aromatic heterocycles. The number of rotatable bonds is 4. The van der Waals surface area contributed by atoms with Crippen molar-refractivity contribution in [2.75, 3.05) is 0 Å². The zero-order valence-electron chi connectivity index (χ0n) is 11.9. The minimum atomic E-state index is -0.777. The van der Waals surface area contributed by atoms with E-state index in [0.29, 0.717) is 6.42 Å². The van der Waals surface area contributed by atoms with Crippen LogP contribution in [0.4, 0.5) is 0 Å². The highest BCUT2D eigenvalue weighted by atomic mass is 32.1. The standard InChI is InChI=1S/C15H18N2O2S/c1-15(2,3)13-11(6-7-12(18)19)20-14(17-13)10-5-4-8-16-9-10/h4-5,8-9H,6-7H2,1-3H3,(H,18,19). The summed E-state index contributed by atoms with van der Waals surface area (Å²) in [6.07, 6.45) is 4.18. The van der Waals surface area contributed by atoms with Crippen molar-refractivity contribution in [1.82, 2.24) is 9.97 Å². The lowest BCUT2D eigenvalue weighted by atomic mass is 9.90. The van der Waals surface area contributed by atoms with Crippen LogP contribution in [0, 0.1) is 0 Å². The van der Waals surface area contributed by atoms with Gasteiger partial charge in [-0.1, -0.05) is 20.8 Å². The monoisotopic (exact) mass is 290 g/mol. The maximum Gasteiger partial charge on any atom is 0.303 e. The van der Waals surface area contributed by atoms with Crippen LogP contribution in [-0.4, -0.2) is 21.0 Å². The van der Waals surface area contributed by atoms with Crippen LogP contribution in [0.2, 0.25) is 0 Å². The Bertz CT molecular complexity index is 600. The number of carboxylic acids is 1. The number of thiazole rings is 1. The van der Waals surface area contributed by atoms with Crippen molar-refractivity contribution in [3.8, 4) is 10.6 Å². The van der Waals surface area contributed by atoms with Crippen molar-refractivity contribution in [2.45, 2.75) is 39.0 Å². The fraction of sp³-hybridized carbons (Fsp3) is 0.400. The van der Waals surface area contributed by atoms with Crippen LogP contribution < -0.4 is 0 Å². The predicted octanol–water partition coefficient (Wildman–Crippen LogP) is 3.52. The topological polar surface area (TPSA) is 63.1 Å². The van der Waals surface area contributed by atoms with Crippen LogP contribution in [-0.2, 0) is 16.6 Å². The SMILES string of the molecule is CC(C)(C)c1nc(-c2cccnc2)sc1CCC(=O)O. The summed E-state index contributed by atoms with van der Waals surface area (Å²) in [5.41, 5.74) is 1.87. The Morgan fingerprint density at radius 1 is 1.40 bits per heavy atom. The molecule has 2 heterocycles. The average Bonchev–Trinajstić information content (AvgIpc) is 2.81. The summed E-state index contributed by atoms with van der Waals surface area (Å²) < 4.78 is 0. The number of carboxylic acid groups (broad SMARTS) is 1. The van der Waals surface area contributed by atoms with E-state index < -0.39 is 5.97 Å². The first-order chi connectivity index (χ1) is 9.38. The van der Waals surface area contributed by atoms with Crippen LogP contribution in [0.1, 0.15) is 37.8 Å². The number of hydrogen-bond donors (Lipinski definition) is 1. The van der Waals surface area contributed by atoms with Gasteiger partial charge in [0.2, 0.25) is 0 Å². The molecule has 0 bridgehead atoms. The number of pyridine rings is 1. The third kappa shape index (κ3) is 3.42. The van der Waals surface area contributed by atoms with Crippen molar-refractivity contribution in [1.29, 1.82) is 0 Å². The first-order valence-electron chi connectivity index (χ1n) is 6.50. The van der Waals surface area contributed by atoms with Crippen molar-refractivity contribution in [3.05, 3.63) is 35.1 Å². The fourth-order valence-corrected chi connectivity index (χ4v) is 3.20. The number of aromatic nitrogens is 2. The molecule has 20 heavy (non-hydrogen) atoms. The highest BCUT2D eigenvalue weighted by Crippen LogP contribution is 2.34. The second-order valence-electron chi connectivity index (χ2n) is 5.68. The van der Waals surface area contributed by atoms with E-state index in [-0.39, 0.29) is 11.8 Å². The number of aliphatic carboxylic acids is 1. The molecule has 0 aliphatic heterocycles. The minimum Gasteiger partial charge on any atom is -0.481 e. The first-order valence-corrected chi connectivity index (χ1v) is 7.32. The van der Waals surface area contributed by atoms with Gasteiger partial charge in [0, 0.05) is 28.2 Å². The van der Waals surface area contributed by atoms with Crippen LogP contribution in [0.15, 0.2) is 24.5 Å². The number of nitrogens with zero attached hydrogens (tertiary/aromatic N) is 2. The zero-order chi connectivity index (χ0) is 14.8. The summed E-state index contributed by atoms with van der Waals surface area (Å²) in [6, 6.07) is 3.85. The molecule has 0 atom stereocenters. The largest absolute Gasteiger partial charge is 0.481 e.